The Morgan fingerprint density at radius 1 is 1.33 bits per heavy atom. The number of carboxylic acids is 1. The number of piperidine rings is 1. The highest BCUT2D eigenvalue weighted by molar-refractivity contribution is 7.09. The van der Waals surface area contributed by atoms with E-state index < -0.39 is 5.97 Å². The lowest BCUT2D eigenvalue weighted by Gasteiger charge is -2.30. The number of nitrogens with zero attached hydrogens (tertiary/aromatic N) is 3. The first-order valence-corrected chi connectivity index (χ1v) is 7.30. The Kier molecular flexibility index (Phi) is 3.20. The third kappa shape index (κ3) is 2.63. The molecule has 0 unspecified atom stereocenters. The first kappa shape index (κ1) is 11.9. The number of aromatic nitrogens is 2. The molecule has 0 spiro atoms. The lowest BCUT2D eigenvalue weighted by atomic mass is 9.94. The summed E-state index contributed by atoms with van der Waals surface area (Å²) in [5.74, 6) is 1.28. The van der Waals surface area contributed by atoms with E-state index in [0.29, 0.717) is 18.3 Å². The van der Waals surface area contributed by atoms with Gasteiger partial charge in [0.15, 0.2) is 0 Å². The van der Waals surface area contributed by atoms with E-state index in [1.807, 2.05) is 0 Å². The molecular weight excluding hydrogens is 250 g/mol. The van der Waals surface area contributed by atoms with Gasteiger partial charge >= 0.3 is 5.97 Å². The second kappa shape index (κ2) is 4.84. The van der Waals surface area contributed by atoms with Crippen LogP contribution in [-0.2, 0) is 4.79 Å². The molecule has 1 aromatic heterocycles. The standard InChI is InChI=1S/C12H17N3O2S/c16-10(17)7-8-3-5-15(6-4-8)12-13-11(14-18-12)9-1-2-9/h8-9H,1-7H2,(H,16,17). The van der Waals surface area contributed by atoms with E-state index in [4.69, 9.17) is 5.11 Å². The van der Waals surface area contributed by atoms with Crippen molar-refractivity contribution in [1.29, 1.82) is 0 Å². The summed E-state index contributed by atoms with van der Waals surface area (Å²) < 4.78 is 4.42. The third-order valence-corrected chi connectivity index (χ3v) is 4.51. The fourth-order valence-corrected chi connectivity index (χ4v) is 3.24. The molecule has 1 saturated carbocycles. The molecule has 5 nitrogen and oxygen atoms in total. The van der Waals surface area contributed by atoms with Crippen molar-refractivity contribution in [3.63, 3.8) is 0 Å². The van der Waals surface area contributed by atoms with Crippen LogP contribution in [0.15, 0.2) is 0 Å². The highest BCUT2D eigenvalue weighted by atomic mass is 32.1. The van der Waals surface area contributed by atoms with Gasteiger partial charge in [-0.1, -0.05) is 0 Å². The van der Waals surface area contributed by atoms with E-state index in [2.05, 4.69) is 14.3 Å². The van der Waals surface area contributed by atoms with Crippen molar-refractivity contribution in [1.82, 2.24) is 9.36 Å². The molecule has 1 N–H and O–H groups in total. The van der Waals surface area contributed by atoms with Crippen LogP contribution in [0.5, 0.6) is 0 Å². The minimum absolute atomic E-state index is 0.303. The van der Waals surface area contributed by atoms with Crippen LogP contribution in [0.3, 0.4) is 0 Å². The summed E-state index contributed by atoms with van der Waals surface area (Å²) in [6.45, 7) is 1.83. The smallest absolute Gasteiger partial charge is 0.303 e. The van der Waals surface area contributed by atoms with Gasteiger partial charge in [-0.2, -0.15) is 4.37 Å². The van der Waals surface area contributed by atoms with Crippen LogP contribution in [0.2, 0.25) is 0 Å². The molecule has 1 aliphatic heterocycles. The Labute approximate surface area is 110 Å². The number of carboxylic acid groups (broad SMARTS) is 1. The van der Waals surface area contributed by atoms with Crippen molar-refractivity contribution in [3.8, 4) is 0 Å². The van der Waals surface area contributed by atoms with Gasteiger partial charge in [-0.15, -0.1) is 0 Å². The van der Waals surface area contributed by atoms with Crippen molar-refractivity contribution in [3.05, 3.63) is 5.82 Å². The zero-order valence-corrected chi connectivity index (χ0v) is 11.0. The summed E-state index contributed by atoms with van der Waals surface area (Å²) >= 11 is 1.49. The lowest BCUT2D eigenvalue weighted by molar-refractivity contribution is -0.138. The predicted molar refractivity (Wildman–Crippen MR) is 69.1 cm³/mol. The van der Waals surface area contributed by atoms with Gasteiger partial charge in [-0.05, 0) is 31.6 Å². The van der Waals surface area contributed by atoms with Crippen molar-refractivity contribution < 1.29 is 9.90 Å². The molecule has 18 heavy (non-hydrogen) atoms. The average molecular weight is 267 g/mol. The molecular formula is C12H17N3O2S. The quantitative estimate of drug-likeness (QED) is 0.905. The minimum atomic E-state index is -0.680. The SMILES string of the molecule is O=C(O)CC1CCN(c2nc(C3CC3)ns2)CC1. The summed E-state index contributed by atoms with van der Waals surface area (Å²) in [6.07, 6.45) is 4.67. The predicted octanol–water partition coefficient (Wildman–Crippen LogP) is 2.11. The normalized spacial score (nSPS) is 21.2. The Morgan fingerprint density at radius 2 is 2.06 bits per heavy atom. The van der Waals surface area contributed by atoms with Crippen molar-refractivity contribution in [2.24, 2.45) is 5.92 Å². The average Bonchev–Trinajstić information content (AvgIpc) is 3.08. The van der Waals surface area contributed by atoms with Crippen LogP contribution in [0.1, 0.15) is 43.8 Å². The van der Waals surface area contributed by atoms with E-state index in [1.54, 1.807) is 0 Å². The van der Waals surface area contributed by atoms with Crippen LogP contribution in [0.4, 0.5) is 5.13 Å². The molecule has 6 heteroatoms. The molecule has 0 bridgehead atoms. The number of hydrogen-bond donors (Lipinski definition) is 1. The number of carbonyl (C=O) groups is 1. The van der Waals surface area contributed by atoms with E-state index in [0.717, 1.165) is 36.9 Å². The number of anilines is 1. The maximum atomic E-state index is 10.7. The Hall–Kier alpha value is -1.17. The van der Waals surface area contributed by atoms with Gasteiger partial charge in [0, 0.05) is 37.0 Å². The highest BCUT2D eigenvalue weighted by Gasteiger charge is 2.29. The van der Waals surface area contributed by atoms with Crippen LogP contribution >= 0.6 is 11.5 Å². The molecule has 2 fully saturated rings. The van der Waals surface area contributed by atoms with E-state index in [9.17, 15) is 4.79 Å². The summed E-state index contributed by atoms with van der Waals surface area (Å²) in [5.41, 5.74) is 0. The maximum absolute atomic E-state index is 10.7. The Bertz CT molecular complexity index is 436. The van der Waals surface area contributed by atoms with E-state index in [-0.39, 0.29) is 0 Å². The zero-order valence-electron chi connectivity index (χ0n) is 10.2. The Morgan fingerprint density at radius 3 is 2.67 bits per heavy atom. The summed E-state index contributed by atoms with van der Waals surface area (Å²) in [4.78, 5) is 17.5. The van der Waals surface area contributed by atoms with Gasteiger partial charge in [0.05, 0.1) is 0 Å². The highest BCUT2D eigenvalue weighted by Crippen LogP contribution is 2.40. The van der Waals surface area contributed by atoms with E-state index >= 15 is 0 Å². The van der Waals surface area contributed by atoms with Crippen LogP contribution in [-0.4, -0.2) is 33.5 Å². The minimum Gasteiger partial charge on any atom is -0.481 e. The second-order valence-corrected chi connectivity index (χ2v) is 5.97. The summed E-state index contributed by atoms with van der Waals surface area (Å²) in [5, 5.41) is 9.81. The molecule has 3 rings (SSSR count). The van der Waals surface area contributed by atoms with Gasteiger partial charge in [0.2, 0.25) is 5.13 Å². The molecule has 1 saturated heterocycles. The van der Waals surface area contributed by atoms with E-state index in [1.165, 1.54) is 24.4 Å². The first-order chi connectivity index (χ1) is 8.72. The molecule has 1 aromatic rings. The monoisotopic (exact) mass is 267 g/mol. The van der Waals surface area contributed by atoms with Crippen LogP contribution < -0.4 is 4.90 Å². The maximum Gasteiger partial charge on any atom is 0.303 e. The fourth-order valence-electron chi connectivity index (χ4n) is 2.44. The molecule has 98 valence electrons. The van der Waals surface area contributed by atoms with Crippen LogP contribution in [0.25, 0.3) is 0 Å². The van der Waals surface area contributed by atoms with Gasteiger partial charge < -0.3 is 10.0 Å². The molecule has 2 heterocycles. The van der Waals surface area contributed by atoms with Crippen molar-refractivity contribution in [2.45, 2.75) is 38.0 Å². The largest absolute Gasteiger partial charge is 0.481 e. The number of aliphatic carboxylic acids is 1. The Balaban J connectivity index is 1.56. The van der Waals surface area contributed by atoms with Crippen molar-refractivity contribution >= 4 is 22.6 Å². The van der Waals surface area contributed by atoms with Gasteiger partial charge in [0.25, 0.3) is 0 Å². The zero-order chi connectivity index (χ0) is 12.5. The summed E-state index contributed by atoms with van der Waals surface area (Å²) in [7, 11) is 0. The first-order valence-electron chi connectivity index (χ1n) is 6.52. The van der Waals surface area contributed by atoms with Gasteiger partial charge in [-0.3, -0.25) is 4.79 Å². The molecule has 2 aliphatic rings. The lowest BCUT2D eigenvalue weighted by Crippen LogP contribution is -2.34. The topological polar surface area (TPSA) is 66.3 Å². The molecule has 0 amide bonds. The fraction of sp³-hybridized carbons (Fsp3) is 0.750. The van der Waals surface area contributed by atoms with Crippen LogP contribution in [0, 0.1) is 5.92 Å². The number of hydrogen-bond acceptors (Lipinski definition) is 5. The molecule has 0 atom stereocenters. The van der Waals surface area contributed by atoms with Gasteiger partial charge in [-0.25, -0.2) is 4.98 Å². The van der Waals surface area contributed by atoms with Gasteiger partial charge in [0.1, 0.15) is 5.82 Å². The van der Waals surface area contributed by atoms with Crippen molar-refractivity contribution in [2.75, 3.05) is 18.0 Å². The molecule has 1 aliphatic carbocycles. The second-order valence-electron chi connectivity index (χ2n) is 5.24. The summed E-state index contributed by atoms with van der Waals surface area (Å²) in [6, 6.07) is 0. The molecule has 0 aromatic carbocycles. The molecule has 0 radical (unpaired) electrons. The third-order valence-electron chi connectivity index (χ3n) is 3.72. The number of rotatable bonds is 4.